The molecule has 10 heteroatoms. The zero-order valence-electron chi connectivity index (χ0n) is 11.9. The molecule has 0 bridgehead atoms. The monoisotopic (exact) mass is 328 g/mol. The number of benzene rings is 1. The van der Waals surface area contributed by atoms with E-state index in [9.17, 15) is 18.0 Å². The van der Waals surface area contributed by atoms with Gasteiger partial charge in [-0.1, -0.05) is 5.16 Å². The van der Waals surface area contributed by atoms with Gasteiger partial charge < -0.3 is 4.52 Å². The van der Waals surface area contributed by atoms with E-state index in [0.717, 1.165) is 0 Å². The molecule has 1 aromatic carbocycles. The lowest BCUT2D eigenvalue weighted by molar-refractivity contribution is -0.159. The van der Waals surface area contributed by atoms with Crippen LogP contribution in [0, 0.1) is 0 Å². The van der Waals surface area contributed by atoms with Crippen LogP contribution >= 0.6 is 0 Å². The summed E-state index contributed by atoms with van der Waals surface area (Å²) in [5.74, 6) is -1.57. The summed E-state index contributed by atoms with van der Waals surface area (Å²) >= 11 is 0. The lowest BCUT2D eigenvalue weighted by atomic mass is 10.2. The summed E-state index contributed by atoms with van der Waals surface area (Å²) in [6.45, 7) is 0.878. The Morgan fingerprint density at radius 2 is 1.91 bits per heavy atom. The van der Waals surface area contributed by atoms with Gasteiger partial charge >= 0.3 is 18.1 Å². The highest BCUT2D eigenvalue weighted by molar-refractivity contribution is 5.93. The number of aromatic nitrogens is 2. The van der Waals surface area contributed by atoms with Crippen molar-refractivity contribution in [2.75, 3.05) is 25.1 Å². The van der Waals surface area contributed by atoms with Gasteiger partial charge in [-0.2, -0.15) is 18.2 Å². The molecule has 0 atom stereocenters. The number of halogens is 3. The predicted molar refractivity (Wildman–Crippen MR) is 71.2 cm³/mol. The topological polar surface area (TPSA) is 71.7 Å². The normalized spacial score (nSPS) is 15.6. The third kappa shape index (κ3) is 2.84. The molecule has 23 heavy (non-hydrogen) atoms. The molecule has 0 N–H and O–H groups in total. The van der Waals surface area contributed by atoms with Crippen molar-refractivity contribution in [2.45, 2.75) is 6.18 Å². The number of anilines is 1. The Morgan fingerprint density at radius 1 is 1.22 bits per heavy atom. The van der Waals surface area contributed by atoms with Crippen molar-refractivity contribution < 1.29 is 27.3 Å². The number of urea groups is 1. The Bertz CT molecular complexity index is 714. The van der Waals surface area contributed by atoms with Crippen LogP contribution in [-0.4, -0.2) is 41.4 Å². The summed E-state index contributed by atoms with van der Waals surface area (Å²) in [4.78, 5) is 21.7. The Labute approximate surface area is 128 Å². The quantitative estimate of drug-likeness (QED) is 0.866. The molecule has 0 aliphatic carbocycles. The van der Waals surface area contributed by atoms with Gasteiger partial charge in [0.1, 0.15) is 0 Å². The van der Waals surface area contributed by atoms with E-state index in [4.69, 9.17) is 4.84 Å². The van der Waals surface area contributed by atoms with Gasteiger partial charge in [-0.05, 0) is 24.3 Å². The summed E-state index contributed by atoms with van der Waals surface area (Å²) in [6.07, 6.45) is -4.68. The Hall–Kier alpha value is -2.62. The first-order chi connectivity index (χ1) is 10.9. The summed E-state index contributed by atoms with van der Waals surface area (Å²) in [5, 5.41) is 4.52. The van der Waals surface area contributed by atoms with E-state index < -0.39 is 12.1 Å². The molecular weight excluding hydrogens is 317 g/mol. The molecule has 2 aromatic rings. The van der Waals surface area contributed by atoms with Gasteiger partial charge in [0.2, 0.25) is 5.82 Å². The molecule has 0 saturated carbocycles. The average Bonchev–Trinajstić information content (AvgIpc) is 3.14. The number of hydrogen-bond acceptors (Lipinski definition) is 5. The molecule has 1 aliphatic heterocycles. The maximum atomic E-state index is 12.4. The molecule has 1 saturated heterocycles. The summed E-state index contributed by atoms with van der Waals surface area (Å²) in [7, 11) is 1.40. The number of nitrogens with zero attached hydrogens (tertiary/aromatic N) is 4. The second-order valence-electron chi connectivity index (χ2n) is 4.69. The van der Waals surface area contributed by atoms with Crippen LogP contribution in [-0.2, 0) is 11.0 Å². The third-order valence-corrected chi connectivity index (χ3v) is 3.30. The van der Waals surface area contributed by atoms with Crippen LogP contribution in [0.15, 0.2) is 28.8 Å². The Kier molecular flexibility index (Phi) is 3.68. The number of carbonyl (C=O) groups excluding carboxylic acids is 1. The largest absolute Gasteiger partial charge is 0.471 e. The minimum Gasteiger partial charge on any atom is -0.329 e. The van der Waals surface area contributed by atoms with Crippen LogP contribution in [0.2, 0.25) is 0 Å². The molecule has 122 valence electrons. The molecule has 7 nitrogen and oxygen atoms in total. The summed E-state index contributed by atoms with van der Waals surface area (Å²) in [6, 6.07) is 5.91. The third-order valence-electron chi connectivity index (χ3n) is 3.30. The maximum Gasteiger partial charge on any atom is 0.471 e. The zero-order chi connectivity index (χ0) is 16.6. The van der Waals surface area contributed by atoms with Gasteiger partial charge in [0.25, 0.3) is 0 Å². The van der Waals surface area contributed by atoms with Gasteiger partial charge in [-0.25, -0.2) is 9.86 Å². The fraction of sp³-hybridized carbons (Fsp3) is 0.308. The fourth-order valence-electron chi connectivity index (χ4n) is 2.17. The van der Waals surface area contributed by atoms with Crippen LogP contribution < -0.4 is 4.90 Å². The van der Waals surface area contributed by atoms with Crippen molar-refractivity contribution in [3.05, 3.63) is 30.2 Å². The second-order valence-corrected chi connectivity index (χ2v) is 4.69. The zero-order valence-corrected chi connectivity index (χ0v) is 11.9. The van der Waals surface area contributed by atoms with Crippen LogP contribution in [0.25, 0.3) is 11.4 Å². The minimum atomic E-state index is -4.68. The molecular formula is C13H11F3N4O3. The van der Waals surface area contributed by atoms with Gasteiger partial charge in [0.15, 0.2) is 0 Å². The van der Waals surface area contributed by atoms with E-state index in [0.29, 0.717) is 24.3 Å². The highest BCUT2D eigenvalue weighted by atomic mass is 19.4. The number of carbonyl (C=O) groups is 1. The predicted octanol–water partition coefficient (Wildman–Crippen LogP) is 2.56. The van der Waals surface area contributed by atoms with Gasteiger partial charge in [-0.3, -0.25) is 9.74 Å². The molecule has 3 rings (SSSR count). The fourth-order valence-corrected chi connectivity index (χ4v) is 2.17. The number of amides is 2. The van der Waals surface area contributed by atoms with Crippen molar-refractivity contribution in [1.29, 1.82) is 0 Å². The van der Waals surface area contributed by atoms with Crippen molar-refractivity contribution in [3.8, 4) is 11.4 Å². The van der Waals surface area contributed by atoms with E-state index in [1.54, 1.807) is 12.1 Å². The van der Waals surface area contributed by atoms with Gasteiger partial charge in [0, 0.05) is 17.8 Å². The first kappa shape index (κ1) is 15.3. The van der Waals surface area contributed by atoms with Crippen LogP contribution in [0.1, 0.15) is 5.89 Å². The van der Waals surface area contributed by atoms with E-state index >= 15 is 0 Å². The van der Waals surface area contributed by atoms with Gasteiger partial charge in [-0.15, -0.1) is 0 Å². The van der Waals surface area contributed by atoms with E-state index in [2.05, 4.69) is 14.7 Å². The molecule has 1 fully saturated rings. The molecule has 0 spiro atoms. The minimum absolute atomic E-state index is 0.171. The molecule has 2 amide bonds. The van der Waals surface area contributed by atoms with Crippen molar-refractivity contribution in [1.82, 2.24) is 15.2 Å². The first-order valence-corrected chi connectivity index (χ1v) is 6.54. The Morgan fingerprint density at radius 3 is 2.43 bits per heavy atom. The highest BCUT2D eigenvalue weighted by Crippen LogP contribution is 2.30. The maximum absolute atomic E-state index is 12.4. The molecule has 2 heterocycles. The highest BCUT2D eigenvalue weighted by Gasteiger charge is 2.38. The number of hydrogen-bond donors (Lipinski definition) is 0. The molecule has 1 aromatic heterocycles. The van der Waals surface area contributed by atoms with Crippen LogP contribution in [0.5, 0.6) is 0 Å². The number of alkyl halides is 3. The van der Waals surface area contributed by atoms with E-state index in [1.807, 2.05) is 0 Å². The van der Waals surface area contributed by atoms with Crippen LogP contribution in [0.4, 0.5) is 23.7 Å². The SMILES string of the molecule is CON1CCN(c2ccc(-c3noc(C(F)(F)F)n3)cc2)C1=O. The molecule has 0 radical (unpaired) electrons. The second kappa shape index (κ2) is 5.54. The van der Waals surface area contributed by atoms with E-state index in [-0.39, 0.29) is 11.9 Å². The number of rotatable bonds is 3. The van der Waals surface area contributed by atoms with Gasteiger partial charge in [0.05, 0.1) is 13.7 Å². The van der Waals surface area contributed by atoms with Crippen molar-refractivity contribution in [2.24, 2.45) is 0 Å². The lowest BCUT2D eigenvalue weighted by Crippen LogP contribution is -2.30. The van der Waals surface area contributed by atoms with Crippen molar-refractivity contribution in [3.63, 3.8) is 0 Å². The van der Waals surface area contributed by atoms with E-state index in [1.165, 1.54) is 29.2 Å². The standard InChI is InChI=1S/C13H11F3N4O3/c1-22-20-7-6-19(12(20)21)9-4-2-8(3-5-9)10-17-11(23-18-10)13(14,15)16/h2-5H,6-7H2,1H3. The average molecular weight is 328 g/mol. The van der Waals surface area contributed by atoms with Crippen molar-refractivity contribution >= 4 is 11.7 Å². The Balaban J connectivity index is 1.80. The summed E-state index contributed by atoms with van der Waals surface area (Å²) in [5.41, 5.74) is 0.945. The first-order valence-electron chi connectivity index (χ1n) is 6.54. The lowest BCUT2D eigenvalue weighted by Gasteiger charge is -2.16. The molecule has 1 aliphatic rings. The van der Waals surface area contributed by atoms with Crippen LogP contribution in [0.3, 0.4) is 0 Å². The molecule has 0 unspecified atom stereocenters. The number of hydroxylamine groups is 2. The smallest absolute Gasteiger partial charge is 0.329 e. The summed E-state index contributed by atoms with van der Waals surface area (Å²) < 4.78 is 41.5.